The van der Waals surface area contributed by atoms with Gasteiger partial charge in [-0.15, -0.1) is 0 Å². The molecular formula is C10H8BrN3. The second kappa shape index (κ2) is 3.43. The van der Waals surface area contributed by atoms with Crippen LogP contribution in [0.3, 0.4) is 0 Å². The predicted octanol–water partition coefficient (Wildman–Crippen LogP) is 2.70. The zero-order valence-corrected chi connectivity index (χ0v) is 9.22. The molecule has 0 unspecified atom stereocenters. The lowest BCUT2D eigenvalue weighted by Gasteiger charge is -1.94. The summed E-state index contributed by atoms with van der Waals surface area (Å²) in [6.45, 7) is 2.00. The van der Waals surface area contributed by atoms with Crippen molar-refractivity contribution < 1.29 is 0 Å². The van der Waals surface area contributed by atoms with Crippen molar-refractivity contribution in [3.05, 3.63) is 28.0 Å². The number of nitriles is 1. The third-order valence-electron chi connectivity index (χ3n) is 2.04. The molecular weight excluding hydrogens is 242 g/mol. The van der Waals surface area contributed by atoms with Crippen molar-refractivity contribution in [3.63, 3.8) is 0 Å². The van der Waals surface area contributed by atoms with Gasteiger partial charge in [-0.05, 0) is 24.6 Å². The van der Waals surface area contributed by atoms with Gasteiger partial charge < -0.3 is 4.98 Å². The molecule has 0 saturated carbocycles. The number of hydrogen-bond donors (Lipinski definition) is 1. The molecule has 0 aliphatic rings. The van der Waals surface area contributed by atoms with Crippen molar-refractivity contribution in [2.45, 2.75) is 13.3 Å². The maximum absolute atomic E-state index is 8.55. The molecule has 0 fully saturated rings. The van der Waals surface area contributed by atoms with E-state index in [-0.39, 0.29) is 0 Å². The first-order valence-corrected chi connectivity index (χ1v) is 5.01. The van der Waals surface area contributed by atoms with Crippen molar-refractivity contribution in [2.24, 2.45) is 0 Å². The minimum atomic E-state index is 0.325. The Morgan fingerprint density at radius 1 is 1.57 bits per heavy atom. The van der Waals surface area contributed by atoms with Crippen LogP contribution in [0.1, 0.15) is 11.4 Å². The Labute approximate surface area is 89.9 Å². The predicted molar refractivity (Wildman–Crippen MR) is 57.8 cm³/mol. The zero-order chi connectivity index (χ0) is 10.1. The fourth-order valence-electron chi connectivity index (χ4n) is 1.46. The highest BCUT2D eigenvalue weighted by Gasteiger charge is 2.05. The molecule has 14 heavy (non-hydrogen) atoms. The summed E-state index contributed by atoms with van der Waals surface area (Å²) in [5.41, 5.74) is 3.02. The van der Waals surface area contributed by atoms with E-state index >= 15 is 0 Å². The molecule has 70 valence electrons. The molecule has 1 aromatic heterocycles. The van der Waals surface area contributed by atoms with Crippen molar-refractivity contribution in [2.75, 3.05) is 0 Å². The lowest BCUT2D eigenvalue weighted by atomic mass is 10.2. The number of aromatic amines is 1. The number of rotatable bonds is 1. The van der Waals surface area contributed by atoms with E-state index in [2.05, 4.69) is 32.0 Å². The summed E-state index contributed by atoms with van der Waals surface area (Å²) in [6, 6.07) is 6.06. The molecule has 0 saturated heterocycles. The molecule has 0 radical (unpaired) electrons. The highest BCUT2D eigenvalue weighted by molar-refractivity contribution is 9.10. The van der Waals surface area contributed by atoms with Gasteiger partial charge in [0.15, 0.2) is 0 Å². The van der Waals surface area contributed by atoms with Gasteiger partial charge in [-0.1, -0.05) is 15.9 Å². The first kappa shape index (κ1) is 9.22. The van der Waals surface area contributed by atoms with E-state index < -0.39 is 0 Å². The highest BCUT2D eigenvalue weighted by Crippen LogP contribution is 2.21. The maximum atomic E-state index is 8.55. The number of benzene rings is 1. The number of aromatic nitrogens is 2. The average molecular weight is 250 g/mol. The molecule has 0 spiro atoms. The number of hydrogen-bond acceptors (Lipinski definition) is 2. The van der Waals surface area contributed by atoms with Gasteiger partial charge in [-0.3, -0.25) is 0 Å². The number of halogens is 1. The van der Waals surface area contributed by atoms with E-state index in [9.17, 15) is 0 Å². The van der Waals surface area contributed by atoms with E-state index in [1.54, 1.807) is 0 Å². The number of fused-ring (bicyclic) bond motifs is 1. The minimum Gasteiger partial charge on any atom is -0.341 e. The number of nitrogens with one attached hydrogen (secondary N) is 1. The Morgan fingerprint density at radius 2 is 2.36 bits per heavy atom. The van der Waals surface area contributed by atoms with Crippen LogP contribution in [0.25, 0.3) is 11.0 Å². The molecule has 0 aliphatic heterocycles. The molecule has 2 aromatic rings. The molecule has 3 nitrogen and oxygen atoms in total. The molecule has 0 amide bonds. The second-order valence-corrected chi connectivity index (χ2v) is 4.05. The van der Waals surface area contributed by atoms with Crippen LogP contribution in [0.15, 0.2) is 16.6 Å². The third kappa shape index (κ3) is 1.51. The van der Waals surface area contributed by atoms with E-state index in [1.807, 2.05) is 19.1 Å². The summed E-state index contributed by atoms with van der Waals surface area (Å²) in [7, 11) is 0. The fraction of sp³-hybridized carbons (Fsp3) is 0.200. The quantitative estimate of drug-likeness (QED) is 0.845. The van der Waals surface area contributed by atoms with Crippen LogP contribution in [0.5, 0.6) is 0 Å². The fourth-order valence-corrected chi connectivity index (χ4v) is 2.03. The Kier molecular flexibility index (Phi) is 2.26. The van der Waals surface area contributed by atoms with Crippen LogP contribution in [0, 0.1) is 18.3 Å². The van der Waals surface area contributed by atoms with Crippen molar-refractivity contribution in [1.29, 1.82) is 5.26 Å². The molecule has 0 bridgehead atoms. The summed E-state index contributed by atoms with van der Waals surface area (Å²) < 4.78 is 1.02. The topological polar surface area (TPSA) is 52.5 Å². The second-order valence-electron chi connectivity index (χ2n) is 3.14. The van der Waals surface area contributed by atoms with Gasteiger partial charge in [0.05, 0.1) is 23.5 Å². The van der Waals surface area contributed by atoms with Crippen LogP contribution in [-0.2, 0) is 6.42 Å². The number of nitrogens with zero attached hydrogens (tertiary/aromatic N) is 2. The third-order valence-corrected chi connectivity index (χ3v) is 2.50. The number of H-pyrrole nitrogens is 1. The first-order chi connectivity index (χ1) is 6.70. The minimum absolute atomic E-state index is 0.325. The van der Waals surface area contributed by atoms with Crippen LogP contribution in [-0.4, -0.2) is 9.97 Å². The highest BCUT2D eigenvalue weighted by atomic mass is 79.9. The normalized spacial score (nSPS) is 10.4. The summed E-state index contributed by atoms with van der Waals surface area (Å²) in [4.78, 5) is 7.46. The first-order valence-electron chi connectivity index (χ1n) is 4.22. The summed E-state index contributed by atoms with van der Waals surface area (Å²) in [6.07, 6.45) is 0.325. The maximum Gasteiger partial charge on any atom is 0.121 e. The van der Waals surface area contributed by atoms with Gasteiger partial charge >= 0.3 is 0 Å². The lowest BCUT2D eigenvalue weighted by Crippen LogP contribution is -1.82. The molecule has 2 rings (SSSR count). The van der Waals surface area contributed by atoms with Crippen LogP contribution >= 0.6 is 15.9 Å². The molecule has 1 N–H and O–H groups in total. The largest absolute Gasteiger partial charge is 0.341 e. The molecule has 0 atom stereocenters. The van der Waals surface area contributed by atoms with Gasteiger partial charge in [0.1, 0.15) is 5.82 Å². The Balaban J connectivity index is 2.66. The molecule has 1 heterocycles. The summed E-state index contributed by atoms with van der Waals surface area (Å²) in [5.74, 6) is 0.726. The van der Waals surface area contributed by atoms with Crippen LogP contribution < -0.4 is 0 Å². The van der Waals surface area contributed by atoms with Crippen LogP contribution in [0.4, 0.5) is 0 Å². The SMILES string of the molecule is Cc1cc(Br)cc2[nH]c(CC#N)nc12. The summed E-state index contributed by atoms with van der Waals surface area (Å²) >= 11 is 3.42. The van der Waals surface area contributed by atoms with Gasteiger partial charge in [-0.25, -0.2) is 4.98 Å². The van der Waals surface area contributed by atoms with Crippen molar-refractivity contribution in [3.8, 4) is 6.07 Å². The summed E-state index contributed by atoms with van der Waals surface area (Å²) in [5, 5.41) is 8.55. The average Bonchev–Trinajstić information content (AvgIpc) is 2.48. The van der Waals surface area contributed by atoms with Gasteiger partial charge in [0.2, 0.25) is 0 Å². The smallest absolute Gasteiger partial charge is 0.121 e. The van der Waals surface area contributed by atoms with Crippen LogP contribution in [0.2, 0.25) is 0 Å². The number of imidazole rings is 1. The molecule has 4 heteroatoms. The Bertz CT molecular complexity index is 522. The number of aryl methyl sites for hydroxylation is 1. The van der Waals surface area contributed by atoms with Crippen molar-refractivity contribution in [1.82, 2.24) is 9.97 Å². The van der Waals surface area contributed by atoms with E-state index in [0.717, 1.165) is 26.9 Å². The van der Waals surface area contributed by atoms with E-state index in [0.29, 0.717) is 6.42 Å². The van der Waals surface area contributed by atoms with Crippen molar-refractivity contribution >= 4 is 27.0 Å². The lowest BCUT2D eigenvalue weighted by molar-refractivity contribution is 1.08. The standard InChI is InChI=1S/C10H8BrN3/c1-6-4-7(11)5-8-10(6)14-9(13-8)2-3-12/h4-5H,2H2,1H3,(H,13,14). The molecule has 1 aromatic carbocycles. The Morgan fingerprint density at radius 3 is 3.07 bits per heavy atom. The van der Waals surface area contributed by atoms with E-state index in [4.69, 9.17) is 5.26 Å². The van der Waals surface area contributed by atoms with Gasteiger partial charge in [-0.2, -0.15) is 5.26 Å². The van der Waals surface area contributed by atoms with E-state index in [1.165, 1.54) is 0 Å². The Hall–Kier alpha value is -1.34. The zero-order valence-electron chi connectivity index (χ0n) is 7.63. The van der Waals surface area contributed by atoms with Gasteiger partial charge in [0, 0.05) is 4.47 Å². The molecule has 0 aliphatic carbocycles. The van der Waals surface area contributed by atoms with Gasteiger partial charge in [0.25, 0.3) is 0 Å². The monoisotopic (exact) mass is 249 g/mol.